The monoisotopic (exact) mass is 692 g/mol. The average Bonchev–Trinajstić information content (AvgIpc) is 3.13. The molecule has 4 aromatic carbocycles. The van der Waals surface area contributed by atoms with Crippen molar-refractivity contribution in [2.24, 2.45) is 5.73 Å². The summed E-state index contributed by atoms with van der Waals surface area (Å²) in [6, 6.07) is 28.8. The predicted octanol–water partition coefficient (Wildman–Crippen LogP) is 6.26. The molecule has 266 valence electrons. The van der Waals surface area contributed by atoms with Gasteiger partial charge in [-0.15, -0.1) is 0 Å². The normalized spacial score (nSPS) is 14.7. The fourth-order valence-corrected chi connectivity index (χ4v) is 6.35. The summed E-state index contributed by atoms with van der Waals surface area (Å²) >= 11 is 0. The summed E-state index contributed by atoms with van der Waals surface area (Å²) in [5.41, 5.74) is 10.3. The molecular formula is C42H46F2N4O3. The molecule has 0 saturated heterocycles. The van der Waals surface area contributed by atoms with Crippen LogP contribution in [0.25, 0.3) is 11.1 Å². The lowest BCUT2D eigenvalue weighted by Gasteiger charge is -2.37. The SMILES string of the molecule is CN(C(=O)C=CCC1(N)CCC1)[C@H](Cc1ccc(-c2ccccc2)cc1)C(=O)N(C)[C@H](Cc1ccc(F)c(F)c1)C(=O)NCCc1ccccc1. The molecule has 0 radical (unpaired) electrons. The van der Waals surface area contributed by atoms with Crippen molar-refractivity contribution in [1.29, 1.82) is 0 Å². The second-order valence-corrected chi connectivity index (χ2v) is 13.5. The largest absolute Gasteiger partial charge is 0.354 e. The molecule has 1 saturated carbocycles. The third-order valence-electron chi connectivity index (χ3n) is 9.81. The smallest absolute Gasteiger partial charge is 0.246 e. The van der Waals surface area contributed by atoms with Crippen LogP contribution in [0.5, 0.6) is 0 Å². The van der Waals surface area contributed by atoms with Gasteiger partial charge in [0.15, 0.2) is 11.6 Å². The Morgan fingerprint density at radius 1 is 0.765 bits per heavy atom. The number of likely N-dealkylation sites (N-methyl/N-ethyl adjacent to an activating group) is 2. The van der Waals surface area contributed by atoms with E-state index in [1.165, 1.54) is 29.0 Å². The van der Waals surface area contributed by atoms with E-state index in [9.17, 15) is 23.2 Å². The van der Waals surface area contributed by atoms with Crippen LogP contribution in [-0.2, 0) is 33.6 Å². The molecule has 51 heavy (non-hydrogen) atoms. The molecule has 1 aliphatic rings. The van der Waals surface area contributed by atoms with Crippen LogP contribution in [0.15, 0.2) is 115 Å². The second kappa shape index (κ2) is 17.2. The van der Waals surface area contributed by atoms with Gasteiger partial charge in [-0.1, -0.05) is 97.1 Å². The van der Waals surface area contributed by atoms with Crippen molar-refractivity contribution in [3.05, 3.63) is 144 Å². The van der Waals surface area contributed by atoms with Crippen molar-refractivity contribution in [1.82, 2.24) is 15.1 Å². The van der Waals surface area contributed by atoms with E-state index in [2.05, 4.69) is 5.32 Å². The minimum absolute atomic E-state index is 0.0642. The first-order chi connectivity index (χ1) is 24.5. The molecule has 3 amide bonds. The van der Waals surface area contributed by atoms with Crippen LogP contribution in [0.2, 0.25) is 0 Å². The maximum Gasteiger partial charge on any atom is 0.246 e. The van der Waals surface area contributed by atoms with Crippen LogP contribution in [0.4, 0.5) is 8.78 Å². The Hall–Kier alpha value is -5.15. The van der Waals surface area contributed by atoms with Crippen molar-refractivity contribution < 1.29 is 23.2 Å². The molecular weight excluding hydrogens is 646 g/mol. The molecule has 2 atom stereocenters. The van der Waals surface area contributed by atoms with Crippen LogP contribution >= 0.6 is 0 Å². The molecule has 1 aliphatic carbocycles. The summed E-state index contributed by atoms with van der Waals surface area (Å²) in [6.07, 6.45) is 7.34. The van der Waals surface area contributed by atoms with Crippen molar-refractivity contribution >= 4 is 17.7 Å². The van der Waals surface area contributed by atoms with Crippen molar-refractivity contribution in [3.63, 3.8) is 0 Å². The number of rotatable bonds is 15. The fraction of sp³-hybridized carbons (Fsp3) is 0.310. The highest BCUT2D eigenvalue weighted by Gasteiger charge is 2.35. The number of carbonyl (C=O) groups is 3. The Kier molecular flexibility index (Phi) is 12.5. The molecule has 0 unspecified atom stereocenters. The third kappa shape index (κ3) is 9.98. The van der Waals surface area contributed by atoms with E-state index in [4.69, 9.17) is 5.73 Å². The number of hydrogen-bond acceptors (Lipinski definition) is 4. The number of nitrogens with two attached hydrogens (primary N) is 1. The van der Waals surface area contributed by atoms with Gasteiger partial charge in [-0.3, -0.25) is 14.4 Å². The standard InChI is InChI=1S/C42H46F2N4O3/c1-47(39(49)15-9-23-42(45)24-10-25-42)38(28-31-16-19-34(20-17-31)33-13-7-4-8-14-33)41(51)48(2)37(29-32-18-21-35(43)36(44)27-32)40(50)46-26-22-30-11-5-3-6-12-30/h3-9,11-21,27,37-38H,10,22-26,28-29,45H2,1-2H3,(H,46,50)/t37-,38-/m1/s1. The Balaban J connectivity index is 1.40. The van der Waals surface area contributed by atoms with E-state index in [1.807, 2.05) is 84.9 Å². The van der Waals surface area contributed by atoms with Crippen LogP contribution in [-0.4, -0.2) is 65.8 Å². The highest BCUT2D eigenvalue weighted by atomic mass is 19.2. The molecule has 7 nitrogen and oxygen atoms in total. The van der Waals surface area contributed by atoms with Gasteiger partial charge < -0.3 is 20.9 Å². The fourth-order valence-electron chi connectivity index (χ4n) is 6.35. The van der Waals surface area contributed by atoms with E-state index in [1.54, 1.807) is 13.1 Å². The summed E-state index contributed by atoms with van der Waals surface area (Å²) < 4.78 is 28.1. The number of hydrogen-bond donors (Lipinski definition) is 2. The first kappa shape index (κ1) is 37.1. The summed E-state index contributed by atoms with van der Waals surface area (Å²) in [7, 11) is 3.09. The van der Waals surface area contributed by atoms with Gasteiger partial charge in [0.25, 0.3) is 0 Å². The average molecular weight is 693 g/mol. The molecule has 0 aliphatic heterocycles. The summed E-state index contributed by atoms with van der Waals surface area (Å²) in [4.78, 5) is 44.5. The van der Waals surface area contributed by atoms with Crippen LogP contribution in [0.1, 0.15) is 42.4 Å². The first-order valence-corrected chi connectivity index (χ1v) is 17.4. The van der Waals surface area contributed by atoms with Gasteiger partial charge in [0, 0.05) is 39.0 Å². The summed E-state index contributed by atoms with van der Waals surface area (Å²) in [6.45, 7) is 0.308. The zero-order valence-corrected chi connectivity index (χ0v) is 29.2. The molecule has 1 fully saturated rings. The minimum Gasteiger partial charge on any atom is -0.354 e. The van der Waals surface area contributed by atoms with Gasteiger partial charge in [-0.05, 0) is 78.1 Å². The molecule has 0 aromatic heterocycles. The number of nitrogens with one attached hydrogen (secondary N) is 1. The van der Waals surface area contributed by atoms with Crippen LogP contribution in [0, 0.1) is 11.6 Å². The number of amides is 3. The predicted molar refractivity (Wildman–Crippen MR) is 196 cm³/mol. The topological polar surface area (TPSA) is 95.7 Å². The number of carbonyl (C=O) groups excluding carboxylic acids is 3. The minimum atomic E-state index is -1.07. The summed E-state index contributed by atoms with van der Waals surface area (Å²) in [5.74, 6) is -3.32. The van der Waals surface area contributed by atoms with Crippen molar-refractivity contribution in [3.8, 4) is 11.1 Å². The number of halogens is 2. The van der Waals surface area contributed by atoms with Crippen LogP contribution in [0.3, 0.4) is 0 Å². The third-order valence-corrected chi connectivity index (χ3v) is 9.81. The Labute approximate surface area is 299 Å². The Bertz CT molecular complexity index is 1810. The van der Waals surface area contributed by atoms with Gasteiger partial charge >= 0.3 is 0 Å². The first-order valence-electron chi connectivity index (χ1n) is 17.4. The molecule has 3 N–H and O–H groups in total. The van der Waals surface area contributed by atoms with E-state index in [0.717, 1.165) is 53.6 Å². The molecule has 0 spiro atoms. The maximum atomic E-state index is 14.5. The van der Waals surface area contributed by atoms with Gasteiger partial charge in [0.1, 0.15) is 12.1 Å². The van der Waals surface area contributed by atoms with E-state index in [-0.39, 0.29) is 24.3 Å². The summed E-state index contributed by atoms with van der Waals surface area (Å²) in [5, 5.41) is 2.92. The van der Waals surface area contributed by atoms with Crippen molar-refractivity contribution in [2.75, 3.05) is 20.6 Å². The highest BCUT2D eigenvalue weighted by Crippen LogP contribution is 2.32. The maximum absolute atomic E-state index is 14.5. The highest BCUT2D eigenvalue weighted by molar-refractivity contribution is 5.95. The number of benzene rings is 4. The van der Waals surface area contributed by atoms with Gasteiger partial charge in [-0.25, -0.2) is 8.78 Å². The van der Waals surface area contributed by atoms with Crippen molar-refractivity contribution in [2.45, 2.75) is 62.6 Å². The van der Waals surface area contributed by atoms with Crippen LogP contribution < -0.4 is 11.1 Å². The van der Waals surface area contributed by atoms with E-state index < -0.39 is 35.5 Å². The second-order valence-electron chi connectivity index (χ2n) is 13.5. The number of nitrogens with zero attached hydrogens (tertiary/aromatic N) is 2. The van der Waals surface area contributed by atoms with E-state index >= 15 is 0 Å². The van der Waals surface area contributed by atoms with E-state index in [0.29, 0.717) is 24.9 Å². The van der Waals surface area contributed by atoms with Gasteiger partial charge in [-0.2, -0.15) is 0 Å². The molecule has 0 heterocycles. The van der Waals surface area contributed by atoms with Gasteiger partial charge in [0.05, 0.1) is 0 Å². The molecule has 4 aromatic rings. The lowest BCUT2D eigenvalue weighted by molar-refractivity contribution is -0.146. The lowest BCUT2D eigenvalue weighted by atomic mass is 9.75. The van der Waals surface area contributed by atoms with Gasteiger partial charge in [0.2, 0.25) is 17.7 Å². The molecule has 0 bridgehead atoms. The zero-order valence-electron chi connectivity index (χ0n) is 29.2. The molecule has 9 heteroatoms. The molecule has 5 rings (SSSR count). The zero-order chi connectivity index (χ0) is 36.4. The lowest BCUT2D eigenvalue weighted by Crippen LogP contribution is -2.56. The quantitative estimate of drug-likeness (QED) is 0.144. The Morgan fingerprint density at radius 3 is 2.00 bits per heavy atom. The Morgan fingerprint density at radius 2 is 1.37 bits per heavy atom.